The summed E-state index contributed by atoms with van der Waals surface area (Å²) in [6.07, 6.45) is -6.77. The van der Waals surface area contributed by atoms with Crippen molar-refractivity contribution in [2.45, 2.75) is 31.2 Å². The van der Waals surface area contributed by atoms with Crippen molar-refractivity contribution in [3.63, 3.8) is 0 Å². The van der Waals surface area contributed by atoms with E-state index >= 15 is 0 Å². The number of hydrogen-bond acceptors (Lipinski definition) is 2. The molecule has 4 nitrogen and oxygen atoms in total. The Morgan fingerprint density at radius 2 is 1.93 bits per heavy atom. The normalized spacial score (nSPS) is 29.0. The average Bonchev–Trinajstić information content (AvgIpc) is 2.02. The van der Waals surface area contributed by atoms with Crippen LogP contribution in [0.1, 0.15) is 19.3 Å². The summed E-state index contributed by atoms with van der Waals surface area (Å²) in [6.45, 7) is -0.286. The summed E-state index contributed by atoms with van der Waals surface area (Å²) in [6, 6.07) is 0. The molecule has 1 rings (SSSR count). The van der Waals surface area contributed by atoms with E-state index in [0.717, 1.165) is 0 Å². The van der Waals surface area contributed by atoms with Gasteiger partial charge < -0.3 is 10.2 Å². The highest BCUT2D eigenvalue weighted by Gasteiger charge is 2.60. The Bertz CT molecular complexity index is 243. The summed E-state index contributed by atoms with van der Waals surface area (Å²) in [4.78, 5) is 10.5. The van der Waals surface area contributed by atoms with E-state index in [1.807, 2.05) is 0 Å². The van der Waals surface area contributed by atoms with Crippen molar-refractivity contribution in [3.05, 3.63) is 0 Å². The van der Waals surface area contributed by atoms with Crippen LogP contribution in [0, 0.1) is 0 Å². The van der Waals surface area contributed by atoms with E-state index < -0.39 is 24.4 Å². The van der Waals surface area contributed by atoms with Crippen LogP contribution in [0.25, 0.3) is 0 Å². The molecule has 2 N–H and O–H groups in total. The first kappa shape index (κ1) is 11.1. The van der Waals surface area contributed by atoms with Crippen LogP contribution in [-0.4, -0.2) is 39.7 Å². The van der Waals surface area contributed by atoms with Gasteiger partial charge in [0.25, 0.3) is 0 Å². The predicted molar refractivity (Wildman–Crippen MR) is 39.6 cm³/mol. The molecule has 7 heteroatoms. The number of likely N-dealkylation sites (tertiary alicyclic amines) is 1. The van der Waals surface area contributed by atoms with Crippen LogP contribution < -0.4 is 0 Å². The first-order valence-electron chi connectivity index (χ1n) is 4.09. The minimum absolute atomic E-state index is 0.0521. The molecule has 82 valence electrons. The van der Waals surface area contributed by atoms with E-state index in [1.54, 1.807) is 0 Å². The summed E-state index contributed by atoms with van der Waals surface area (Å²) in [5, 5.41) is 17.8. The van der Waals surface area contributed by atoms with Gasteiger partial charge in [-0.1, -0.05) is 0 Å². The highest BCUT2D eigenvalue weighted by molar-refractivity contribution is 5.66. The number of aliphatic hydroxyl groups is 1. The predicted octanol–water partition coefficient (Wildman–Crippen LogP) is 1.40. The number of carboxylic acid groups (broad SMARTS) is 1. The minimum atomic E-state index is -4.94. The van der Waals surface area contributed by atoms with Crippen molar-refractivity contribution >= 4 is 6.09 Å². The van der Waals surface area contributed by atoms with E-state index in [4.69, 9.17) is 5.11 Å². The largest absolute Gasteiger partial charge is 0.465 e. The lowest BCUT2D eigenvalue weighted by Crippen LogP contribution is -2.62. The molecule has 1 amide bonds. The molecule has 0 bridgehead atoms. The maximum absolute atomic E-state index is 12.4. The Balaban J connectivity index is 2.97. The lowest BCUT2D eigenvalue weighted by Gasteiger charge is -2.42. The monoisotopic (exact) mass is 213 g/mol. The maximum atomic E-state index is 12.4. The van der Waals surface area contributed by atoms with Crippen molar-refractivity contribution in [2.75, 3.05) is 6.54 Å². The zero-order valence-corrected chi connectivity index (χ0v) is 7.21. The number of piperidine rings is 1. The molecule has 0 saturated carbocycles. The van der Waals surface area contributed by atoms with Crippen LogP contribution in [-0.2, 0) is 0 Å². The van der Waals surface area contributed by atoms with E-state index in [2.05, 4.69) is 0 Å². The van der Waals surface area contributed by atoms with E-state index in [1.165, 1.54) is 0 Å². The Labute approximate surface area is 77.9 Å². The summed E-state index contributed by atoms with van der Waals surface area (Å²) in [5.41, 5.74) is -3.21. The Morgan fingerprint density at radius 3 is 2.29 bits per heavy atom. The minimum Gasteiger partial charge on any atom is -0.465 e. The van der Waals surface area contributed by atoms with Gasteiger partial charge in [-0.15, -0.1) is 0 Å². The van der Waals surface area contributed by atoms with Crippen molar-refractivity contribution in [1.82, 2.24) is 4.90 Å². The average molecular weight is 213 g/mol. The second kappa shape index (κ2) is 3.30. The number of carbonyl (C=O) groups is 1. The van der Waals surface area contributed by atoms with Crippen LogP contribution in [0.5, 0.6) is 0 Å². The molecular formula is C7H10F3NO3. The molecular weight excluding hydrogens is 203 g/mol. The number of nitrogens with zero attached hydrogens (tertiary/aromatic N) is 1. The fourth-order valence-electron chi connectivity index (χ4n) is 1.51. The van der Waals surface area contributed by atoms with Gasteiger partial charge in [0, 0.05) is 13.0 Å². The molecule has 1 aliphatic heterocycles. The van der Waals surface area contributed by atoms with Crippen molar-refractivity contribution in [3.8, 4) is 0 Å². The van der Waals surface area contributed by atoms with Crippen LogP contribution in [0.2, 0.25) is 0 Å². The second-order valence-corrected chi connectivity index (χ2v) is 3.21. The van der Waals surface area contributed by atoms with Gasteiger partial charge in [-0.25, -0.2) is 4.79 Å². The number of hydrogen-bond donors (Lipinski definition) is 2. The SMILES string of the molecule is O=C(O)N1CCCCC1(O)C(F)(F)F. The Kier molecular flexibility index (Phi) is 2.62. The quantitative estimate of drug-likeness (QED) is 0.639. The fourth-order valence-corrected chi connectivity index (χ4v) is 1.51. The standard InChI is InChI=1S/C7H10F3NO3/c8-7(9,10)6(14)3-1-2-4-11(6)5(12)13/h14H,1-4H2,(H,12,13). The number of alkyl halides is 3. The molecule has 1 saturated heterocycles. The molecule has 0 aromatic rings. The van der Waals surface area contributed by atoms with Gasteiger partial charge >= 0.3 is 12.3 Å². The smallest absolute Gasteiger partial charge is 0.436 e. The van der Waals surface area contributed by atoms with Gasteiger partial charge in [-0.2, -0.15) is 13.2 Å². The third-order valence-electron chi connectivity index (χ3n) is 2.29. The highest BCUT2D eigenvalue weighted by Crippen LogP contribution is 2.39. The summed E-state index contributed by atoms with van der Waals surface area (Å²) in [5.74, 6) is 0. The molecule has 1 heterocycles. The topological polar surface area (TPSA) is 60.8 Å². The highest BCUT2D eigenvalue weighted by atomic mass is 19.4. The molecule has 1 fully saturated rings. The van der Waals surface area contributed by atoms with Gasteiger partial charge in [-0.05, 0) is 12.8 Å². The van der Waals surface area contributed by atoms with Gasteiger partial charge in [0.15, 0.2) is 0 Å². The molecule has 1 aliphatic rings. The van der Waals surface area contributed by atoms with Crippen LogP contribution in [0.4, 0.5) is 18.0 Å². The lowest BCUT2D eigenvalue weighted by molar-refractivity contribution is -0.315. The molecule has 1 atom stereocenters. The van der Waals surface area contributed by atoms with Gasteiger partial charge in [0.1, 0.15) is 0 Å². The summed E-state index contributed by atoms with van der Waals surface area (Å²) in [7, 11) is 0. The van der Waals surface area contributed by atoms with Gasteiger partial charge in [0.2, 0.25) is 5.72 Å². The third kappa shape index (κ3) is 1.63. The fraction of sp³-hybridized carbons (Fsp3) is 0.857. The van der Waals surface area contributed by atoms with Crippen molar-refractivity contribution in [2.24, 2.45) is 0 Å². The van der Waals surface area contributed by atoms with Crippen molar-refractivity contribution in [1.29, 1.82) is 0 Å². The van der Waals surface area contributed by atoms with Crippen LogP contribution in [0.15, 0.2) is 0 Å². The van der Waals surface area contributed by atoms with E-state index in [-0.39, 0.29) is 17.9 Å². The second-order valence-electron chi connectivity index (χ2n) is 3.21. The Hall–Kier alpha value is -0.980. The van der Waals surface area contributed by atoms with E-state index in [9.17, 15) is 23.1 Å². The number of rotatable bonds is 0. The zero-order valence-electron chi connectivity index (χ0n) is 7.21. The molecule has 0 aromatic carbocycles. The Morgan fingerprint density at radius 1 is 1.36 bits per heavy atom. The molecule has 14 heavy (non-hydrogen) atoms. The maximum Gasteiger partial charge on any atom is 0.436 e. The summed E-state index contributed by atoms with van der Waals surface area (Å²) < 4.78 is 37.1. The number of amides is 1. The van der Waals surface area contributed by atoms with Crippen LogP contribution in [0.3, 0.4) is 0 Å². The van der Waals surface area contributed by atoms with Gasteiger partial charge in [0.05, 0.1) is 0 Å². The third-order valence-corrected chi connectivity index (χ3v) is 2.29. The molecule has 1 unspecified atom stereocenters. The van der Waals surface area contributed by atoms with Crippen molar-refractivity contribution < 1.29 is 28.2 Å². The van der Waals surface area contributed by atoms with Gasteiger partial charge in [-0.3, -0.25) is 4.90 Å². The van der Waals surface area contributed by atoms with E-state index in [0.29, 0.717) is 6.42 Å². The first-order chi connectivity index (χ1) is 6.29. The first-order valence-corrected chi connectivity index (χ1v) is 4.09. The molecule has 0 spiro atoms. The lowest BCUT2D eigenvalue weighted by atomic mass is 9.98. The zero-order chi connectivity index (χ0) is 11.0. The molecule has 0 aromatic heterocycles. The molecule has 0 aliphatic carbocycles. The summed E-state index contributed by atoms with van der Waals surface area (Å²) >= 11 is 0. The van der Waals surface area contributed by atoms with Crippen LogP contribution >= 0.6 is 0 Å². The number of halogens is 3. The molecule has 0 radical (unpaired) electrons.